The highest BCUT2D eigenvalue weighted by Gasteiger charge is 2.12. The first-order chi connectivity index (χ1) is 11.3. The Bertz CT molecular complexity index is 756. The molecule has 0 spiro atoms. The molecule has 0 atom stereocenters. The van der Waals surface area contributed by atoms with Crippen LogP contribution in [0.25, 0.3) is 22.4 Å². The molecule has 1 aromatic carbocycles. The second-order valence-corrected chi connectivity index (χ2v) is 5.40. The van der Waals surface area contributed by atoms with E-state index in [0.717, 1.165) is 46.8 Å². The molecular formula is C18H22ClN3O2. The van der Waals surface area contributed by atoms with Crippen molar-refractivity contribution in [2.75, 3.05) is 13.7 Å². The first kappa shape index (κ1) is 18.1. The van der Waals surface area contributed by atoms with Crippen molar-refractivity contribution >= 4 is 23.4 Å². The third-order valence-corrected chi connectivity index (χ3v) is 3.73. The fourth-order valence-electron chi connectivity index (χ4n) is 2.46. The van der Waals surface area contributed by atoms with Gasteiger partial charge in [0.2, 0.25) is 0 Å². The number of hydrogen-bond donors (Lipinski definition) is 1. The van der Waals surface area contributed by atoms with Crippen molar-refractivity contribution in [2.24, 2.45) is 0 Å². The van der Waals surface area contributed by atoms with Crippen molar-refractivity contribution in [3.63, 3.8) is 0 Å². The quantitative estimate of drug-likeness (QED) is 0.633. The largest absolute Gasteiger partial charge is 0.497 e. The smallest absolute Gasteiger partial charge is 0.142 e. The van der Waals surface area contributed by atoms with Gasteiger partial charge in [0.05, 0.1) is 31.0 Å². The standard InChI is InChI=1S/C18H21N3O2.ClH/c1-3-4-5-10-23-17-11-13(22-2)6-7-14(17)18-20-15-8-9-19-12-16(15)21-18;/h6-9,11-12H,3-5,10H2,1-2H3,(H,20,21);1H. The lowest BCUT2D eigenvalue weighted by Crippen LogP contribution is -1.99. The minimum atomic E-state index is 0. The third-order valence-electron chi connectivity index (χ3n) is 3.73. The van der Waals surface area contributed by atoms with Crippen LogP contribution in [-0.2, 0) is 0 Å². The highest BCUT2D eigenvalue weighted by atomic mass is 35.5. The molecule has 0 aliphatic carbocycles. The molecule has 0 amide bonds. The van der Waals surface area contributed by atoms with Gasteiger partial charge in [0.25, 0.3) is 0 Å². The molecule has 0 aliphatic rings. The summed E-state index contributed by atoms with van der Waals surface area (Å²) in [4.78, 5) is 12.0. The van der Waals surface area contributed by atoms with Gasteiger partial charge in [-0.1, -0.05) is 19.8 Å². The Labute approximate surface area is 147 Å². The molecule has 24 heavy (non-hydrogen) atoms. The van der Waals surface area contributed by atoms with Crippen LogP contribution in [0.1, 0.15) is 26.2 Å². The van der Waals surface area contributed by atoms with Crippen molar-refractivity contribution in [2.45, 2.75) is 26.2 Å². The summed E-state index contributed by atoms with van der Waals surface area (Å²) in [5.74, 6) is 2.34. The molecule has 3 aromatic rings. The van der Waals surface area contributed by atoms with E-state index in [-0.39, 0.29) is 12.4 Å². The van der Waals surface area contributed by atoms with E-state index in [1.807, 2.05) is 24.3 Å². The first-order valence-electron chi connectivity index (χ1n) is 7.92. The summed E-state index contributed by atoms with van der Waals surface area (Å²) in [5.41, 5.74) is 2.73. The van der Waals surface area contributed by atoms with E-state index in [4.69, 9.17) is 9.47 Å². The maximum Gasteiger partial charge on any atom is 0.142 e. The fraction of sp³-hybridized carbons (Fsp3) is 0.333. The maximum absolute atomic E-state index is 5.98. The van der Waals surface area contributed by atoms with Crippen molar-refractivity contribution < 1.29 is 9.47 Å². The zero-order valence-electron chi connectivity index (χ0n) is 13.9. The number of halogens is 1. The average molecular weight is 348 g/mol. The van der Waals surface area contributed by atoms with E-state index in [2.05, 4.69) is 21.9 Å². The summed E-state index contributed by atoms with van der Waals surface area (Å²) in [5, 5.41) is 0. The number of rotatable bonds is 7. The van der Waals surface area contributed by atoms with E-state index in [9.17, 15) is 0 Å². The number of hydrogen-bond acceptors (Lipinski definition) is 4. The van der Waals surface area contributed by atoms with Crippen LogP contribution in [0.2, 0.25) is 0 Å². The molecule has 1 N–H and O–H groups in total. The van der Waals surface area contributed by atoms with Crippen LogP contribution in [0.4, 0.5) is 0 Å². The Hall–Kier alpha value is -2.27. The van der Waals surface area contributed by atoms with E-state index >= 15 is 0 Å². The molecule has 2 heterocycles. The summed E-state index contributed by atoms with van der Waals surface area (Å²) in [7, 11) is 1.66. The van der Waals surface area contributed by atoms with E-state index in [1.165, 1.54) is 6.42 Å². The molecule has 0 fully saturated rings. The van der Waals surface area contributed by atoms with Crippen LogP contribution in [0.3, 0.4) is 0 Å². The molecule has 0 saturated carbocycles. The number of unbranched alkanes of at least 4 members (excludes halogenated alkanes) is 2. The second kappa shape index (κ2) is 8.55. The number of nitrogens with one attached hydrogen (secondary N) is 1. The summed E-state index contributed by atoms with van der Waals surface area (Å²) >= 11 is 0. The number of pyridine rings is 1. The monoisotopic (exact) mass is 347 g/mol. The Balaban J connectivity index is 0.00000208. The predicted molar refractivity (Wildman–Crippen MR) is 98.1 cm³/mol. The van der Waals surface area contributed by atoms with Gasteiger partial charge in [-0.05, 0) is 24.6 Å². The minimum absolute atomic E-state index is 0. The zero-order chi connectivity index (χ0) is 16.1. The van der Waals surface area contributed by atoms with Gasteiger partial charge >= 0.3 is 0 Å². The molecule has 0 unspecified atom stereocenters. The number of fused-ring (bicyclic) bond motifs is 1. The Morgan fingerprint density at radius 2 is 2.04 bits per heavy atom. The number of imidazole rings is 1. The van der Waals surface area contributed by atoms with Crippen LogP contribution >= 0.6 is 12.4 Å². The van der Waals surface area contributed by atoms with E-state index < -0.39 is 0 Å². The van der Waals surface area contributed by atoms with Crippen molar-refractivity contribution in [1.82, 2.24) is 15.0 Å². The van der Waals surface area contributed by atoms with Crippen LogP contribution in [0.15, 0.2) is 36.7 Å². The number of nitrogens with zero attached hydrogens (tertiary/aromatic N) is 2. The summed E-state index contributed by atoms with van der Waals surface area (Å²) in [6.07, 6.45) is 6.87. The molecule has 0 bridgehead atoms. The molecule has 5 nitrogen and oxygen atoms in total. The van der Waals surface area contributed by atoms with Gasteiger partial charge < -0.3 is 14.5 Å². The van der Waals surface area contributed by atoms with Crippen LogP contribution in [0.5, 0.6) is 11.5 Å². The van der Waals surface area contributed by atoms with Gasteiger partial charge in [-0.25, -0.2) is 4.98 Å². The molecule has 0 radical (unpaired) electrons. The molecule has 0 saturated heterocycles. The zero-order valence-corrected chi connectivity index (χ0v) is 14.7. The summed E-state index contributed by atoms with van der Waals surface area (Å²) < 4.78 is 11.3. The molecule has 6 heteroatoms. The number of aromatic amines is 1. The Morgan fingerprint density at radius 1 is 1.17 bits per heavy atom. The van der Waals surface area contributed by atoms with Gasteiger partial charge in [-0.15, -0.1) is 12.4 Å². The number of H-pyrrole nitrogens is 1. The lowest BCUT2D eigenvalue weighted by atomic mass is 10.2. The van der Waals surface area contributed by atoms with Crippen LogP contribution in [-0.4, -0.2) is 28.7 Å². The predicted octanol–water partition coefficient (Wildman–Crippen LogP) is 4.62. The highest BCUT2D eigenvalue weighted by Crippen LogP contribution is 2.33. The van der Waals surface area contributed by atoms with Crippen molar-refractivity contribution in [1.29, 1.82) is 0 Å². The van der Waals surface area contributed by atoms with Gasteiger partial charge in [-0.3, -0.25) is 4.98 Å². The average Bonchev–Trinajstić information content (AvgIpc) is 3.02. The van der Waals surface area contributed by atoms with Crippen molar-refractivity contribution in [3.05, 3.63) is 36.7 Å². The normalized spacial score (nSPS) is 10.4. The van der Waals surface area contributed by atoms with E-state index in [1.54, 1.807) is 19.5 Å². The maximum atomic E-state index is 5.98. The second-order valence-electron chi connectivity index (χ2n) is 5.40. The first-order valence-corrected chi connectivity index (χ1v) is 7.92. The Morgan fingerprint density at radius 3 is 2.79 bits per heavy atom. The van der Waals surface area contributed by atoms with Gasteiger partial charge in [0.15, 0.2) is 0 Å². The molecule has 2 aromatic heterocycles. The molecule has 3 rings (SSSR count). The van der Waals surface area contributed by atoms with Gasteiger partial charge in [-0.2, -0.15) is 0 Å². The Kier molecular flexibility index (Phi) is 6.44. The lowest BCUT2D eigenvalue weighted by molar-refractivity contribution is 0.305. The summed E-state index contributed by atoms with van der Waals surface area (Å²) in [6.45, 7) is 2.87. The number of methoxy groups -OCH3 is 1. The van der Waals surface area contributed by atoms with E-state index in [0.29, 0.717) is 6.61 Å². The van der Waals surface area contributed by atoms with Crippen LogP contribution < -0.4 is 9.47 Å². The minimum Gasteiger partial charge on any atom is -0.497 e. The number of benzene rings is 1. The third kappa shape index (κ3) is 3.97. The van der Waals surface area contributed by atoms with Crippen LogP contribution in [0, 0.1) is 0 Å². The highest BCUT2D eigenvalue weighted by molar-refractivity contribution is 5.85. The molecular weight excluding hydrogens is 326 g/mol. The lowest BCUT2D eigenvalue weighted by Gasteiger charge is -2.11. The molecule has 0 aliphatic heterocycles. The van der Waals surface area contributed by atoms with Gasteiger partial charge in [0, 0.05) is 12.3 Å². The number of aromatic nitrogens is 3. The SMILES string of the molecule is CCCCCOc1cc(OC)ccc1-c1nc2cnccc2[nH]1.Cl. The fourth-order valence-corrected chi connectivity index (χ4v) is 2.46. The molecule has 128 valence electrons. The number of ether oxygens (including phenoxy) is 2. The topological polar surface area (TPSA) is 60.0 Å². The van der Waals surface area contributed by atoms with Crippen molar-refractivity contribution in [3.8, 4) is 22.9 Å². The summed E-state index contributed by atoms with van der Waals surface area (Å²) in [6, 6.07) is 7.71. The van der Waals surface area contributed by atoms with Gasteiger partial charge in [0.1, 0.15) is 22.8 Å².